The number of benzene rings is 2. The van der Waals surface area contributed by atoms with E-state index in [9.17, 15) is 13.2 Å². The van der Waals surface area contributed by atoms with E-state index in [1.54, 1.807) is 30.0 Å². The van der Waals surface area contributed by atoms with Gasteiger partial charge >= 0.3 is 0 Å². The average molecular weight is 444 g/mol. The molecule has 1 aliphatic heterocycles. The molecule has 2 aromatic carbocycles. The normalized spacial score (nSPS) is 16.8. The number of hydrogen-bond donors (Lipinski definition) is 1. The van der Waals surface area contributed by atoms with Crippen molar-refractivity contribution in [1.82, 2.24) is 5.32 Å². The molecule has 27 heavy (non-hydrogen) atoms. The van der Waals surface area contributed by atoms with Crippen molar-refractivity contribution in [2.75, 3.05) is 11.5 Å². The predicted molar refractivity (Wildman–Crippen MR) is 112 cm³/mol. The first-order valence-corrected chi connectivity index (χ1v) is 12.1. The highest BCUT2D eigenvalue weighted by molar-refractivity contribution is 7.98. The smallest absolute Gasteiger partial charge is 0.251 e. The van der Waals surface area contributed by atoms with Crippen LogP contribution in [-0.2, 0) is 15.6 Å². The molecule has 0 atom stereocenters. The zero-order valence-electron chi connectivity index (χ0n) is 14.5. The van der Waals surface area contributed by atoms with E-state index in [4.69, 9.17) is 23.2 Å². The van der Waals surface area contributed by atoms with E-state index in [0.29, 0.717) is 34.2 Å². The maximum atomic E-state index is 12.5. The van der Waals surface area contributed by atoms with Crippen LogP contribution in [0.4, 0.5) is 0 Å². The summed E-state index contributed by atoms with van der Waals surface area (Å²) in [6.45, 7) is 0. The second kappa shape index (κ2) is 8.86. The summed E-state index contributed by atoms with van der Waals surface area (Å²) in [5.74, 6) is 0.749. The lowest BCUT2D eigenvalue weighted by atomic mass is 10.1. The number of nitrogens with one attached hydrogen (secondary N) is 1. The lowest BCUT2D eigenvalue weighted by Gasteiger charge is -2.23. The Morgan fingerprint density at radius 2 is 1.85 bits per heavy atom. The van der Waals surface area contributed by atoms with Gasteiger partial charge in [-0.3, -0.25) is 4.79 Å². The van der Waals surface area contributed by atoms with Gasteiger partial charge in [0.25, 0.3) is 5.91 Å². The molecule has 0 saturated carbocycles. The summed E-state index contributed by atoms with van der Waals surface area (Å²) in [5, 5.41) is 4.21. The summed E-state index contributed by atoms with van der Waals surface area (Å²) in [7, 11) is -2.94. The topological polar surface area (TPSA) is 63.2 Å². The van der Waals surface area contributed by atoms with Crippen LogP contribution in [0.1, 0.15) is 28.8 Å². The number of rotatable bonds is 5. The lowest BCUT2D eigenvalue weighted by molar-refractivity contribution is 0.0934. The molecule has 0 unspecified atom stereocenters. The van der Waals surface area contributed by atoms with Gasteiger partial charge in [0.15, 0.2) is 0 Å². The van der Waals surface area contributed by atoms with Crippen molar-refractivity contribution in [3.8, 4) is 0 Å². The van der Waals surface area contributed by atoms with Crippen LogP contribution in [0.2, 0.25) is 10.0 Å². The van der Waals surface area contributed by atoms with Crippen LogP contribution in [0, 0.1) is 0 Å². The molecule has 0 radical (unpaired) electrons. The molecule has 0 spiro atoms. The second-order valence-corrected chi connectivity index (χ2v) is 10.6. The molecule has 1 heterocycles. The van der Waals surface area contributed by atoms with Crippen LogP contribution in [0.25, 0.3) is 0 Å². The first-order valence-electron chi connectivity index (χ1n) is 8.50. The van der Waals surface area contributed by atoms with Gasteiger partial charge in [-0.15, -0.1) is 11.8 Å². The van der Waals surface area contributed by atoms with Crippen LogP contribution in [0.5, 0.6) is 0 Å². The summed E-state index contributed by atoms with van der Waals surface area (Å²) in [5.41, 5.74) is 1.56. The van der Waals surface area contributed by atoms with Gasteiger partial charge in [0.05, 0.1) is 16.5 Å². The van der Waals surface area contributed by atoms with Crippen LogP contribution in [0.3, 0.4) is 0 Å². The molecule has 0 bridgehead atoms. The minimum atomic E-state index is -2.94. The van der Waals surface area contributed by atoms with E-state index in [1.807, 2.05) is 24.3 Å². The van der Waals surface area contributed by atoms with Crippen molar-refractivity contribution in [3.05, 3.63) is 63.6 Å². The van der Waals surface area contributed by atoms with E-state index < -0.39 is 9.84 Å². The lowest BCUT2D eigenvalue weighted by Crippen LogP contribution is -2.40. The standard InChI is InChI=1S/C19H19Cl2NO3S2/c20-15-4-5-17(21)18(11-15)26-12-13-2-1-3-14(10-13)19(23)22-16-6-8-27(24,25)9-7-16/h1-5,10-11,16H,6-9,12H2,(H,22,23). The van der Waals surface area contributed by atoms with Gasteiger partial charge in [0.1, 0.15) is 9.84 Å². The molecule has 144 valence electrons. The van der Waals surface area contributed by atoms with Gasteiger partial charge in [-0.2, -0.15) is 0 Å². The largest absolute Gasteiger partial charge is 0.349 e. The van der Waals surface area contributed by atoms with Gasteiger partial charge in [0.2, 0.25) is 0 Å². The first kappa shape index (κ1) is 20.5. The zero-order chi connectivity index (χ0) is 19.4. The minimum Gasteiger partial charge on any atom is -0.349 e. The maximum absolute atomic E-state index is 12.5. The van der Waals surface area contributed by atoms with Crippen LogP contribution >= 0.6 is 35.0 Å². The Labute approximate surface area is 173 Å². The molecule has 1 aliphatic rings. The van der Waals surface area contributed by atoms with Crippen molar-refractivity contribution in [1.29, 1.82) is 0 Å². The average Bonchev–Trinajstić information content (AvgIpc) is 2.64. The van der Waals surface area contributed by atoms with E-state index in [-0.39, 0.29) is 23.5 Å². The van der Waals surface area contributed by atoms with Gasteiger partial charge in [-0.05, 0) is 48.7 Å². The maximum Gasteiger partial charge on any atom is 0.251 e. The van der Waals surface area contributed by atoms with Crippen molar-refractivity contribution in [2.24, 2.45) is 0 Å². The highest BCUT2D eigenvalue weighted by atomic mass is 35.5. The van der Waals surface area contributed by atoms with E-state index in [2.05, 4.69) is 5.32 Å². The van der Waals surface area contributed by atoms with Gasteiger partial charge < -0.3 is 5.32 Å². The number of hydrogen-bond acceptors (Lipinski definition) is 4. The summed E-state index contributed by atoms with van der Waals surface area (Å²) in [4.78, 5) is 13.4. The fourth-order valence-corrected chi connectivity index (χ4v) is 5.78. The third kappa shape index (κ3) is 5.88. The molecular weight excluding hydrogens is 425 g/mol. The van der Waals surface area contributed by atoms with Crippen molar-refractivity contribution >= 4 is 50.7 Å². The highest BCUT2D eigenvalue weighted by Crippen LogP contribution is 2.32. The number of halogens is 2. The number of thioether (sulfide) groups is 1. The quantitative estimate of drug-likeness (QED) is 0.686. The SMILES string of the molecule is O=C(NC1CCS(=O)(=O)CC1)c1cccc(CSc2cc(Cl)ccc2Cl)c1. The van der Waals surface area contributed by atoms with Crippen LogP contribution in [-0.4, -0.2) is 31.9 Å². The molecule has 1 saturated heterocycles. The fourth-order valence-electron chi connectivity index (χ4n) is 2.85. The monoisotopic (exact) mass is 443 g/mol. The minimum absolute atomic E-state index is 0.0932. The third-order valence-electron chi connectivity index (χ3n) is 4.37. The van der Waals surface area contributed by atoms with Gasteiger partial charge in [-0.1, -0.05) is 35.3 Å². The van der Waals surface area contributed by atoms with Gasteiger partial charge in [0, 0.05) is 27.3 Å². The zero-order valence-corrected chi connectivity index (χ0v) is 17.6. The van der Waals surface area contributed by atoms with Gasteiger partial charge in [-0.25, -0.2) is 8.42 Å². The van der Waals surface area contributed by atoms with Crippen LogP contribution in [0.15, 0.2) is 47.4 Å². The number of sulfone groups is 1. The Bertz CT molecular complexity index is 934. The van der Waals surface area contributed by atoms with Crippen molar-refractivity contribution in [3.63, 3.8) is 0 Å². The third-order valence-corrected chi connectivity index (χ3v) is 7.89. The molecule has 2 aromatic rings. The summed E-state index contributed by atoms with van der Waals surface area (Å²) in [6, 6.07) is 12.6. The summed E-state index contributed by atoms with van der Waals surface area (Å²) >= 11 is 13.8. The molecule has 0 aliphatic carbocycles. The number of carbonyl (C=O) groups is 1. The van der Waals surface area contributed by atoms with Crippen molar-refractivity contribution in [2.45, 2.75) is 29.5 Å². The summed E-state index contributed by atoms with van der Waals surface area (Å²) < 4.78 is 23.0. The molecule has 4 nitrogen and oxygen atoms in total. The molecule has 8 heteroatoms. The molecule has 1 amide bonds. The Balaban J connectivity index is 1.61. The number of carbonyl (C=O) groups excluding carboxylic acids is 1. The molecular formula is C19H19Cl2NO3S2. The molecule has 0 aromatic heterocycles. The van der Waals surface area contributed by atoms with Crippen molar-refractivity contribution < 1.29 is 13.2 Å². The summed E-state index contributed by atoms with van der Waals surface area (Å²) in [6.07, 6.45) is 0.938. The first-order chi connectivity index (χ1) is 12.8. The molecule has 1 fully saturated rings. The van der Waals surface area contributed by atoms with Crippen LogP contribution < -0.4 is 5.32 Å². The fraction of sp³-hybridized carbons (Fsp3) is 0.316. The molecule has 3 rings (SSSR count). The Hall–Kier alpha value is -1.21. The second-order valence-electron chi connectivity index (χ2n) is 6.46. The highest BCUT2D eigenvalue weighted by Gasteiger charge is 2.24. The number of amides is 1. The van der Waals surface area contributed by atoms with E-state index >= 15 is 0 Å². The van der Waals surface area contributed by atoms with E-state index in [1.165, 1.54) is 0 Å². The Kier molecular flexibility index (Phi) is 6.74. The molecule has 1 N–H and O–H groups in total. The van der Waals surface area contributed by atoms with E-state index in [0.717, 1.165) is 10.5 Å². The Morgan fingerprint density at radius 3 is 2.59 bits per heavy atom. The predicted octanol–water partition coefficient (Wildman–Crippen LogP) is 4.59. The Morgan fingerprint density at radius 1 is 1.11 bits per heavy atom.